The van der Waals surface area contributed by atoms with Crippen molar-refractivity contribution in [2.45, 2.75) is 6.92 Å². The lowest BCUT2D eigenvalue weighted by Crippen LogP contribution is -2.14. The van der Waals surface area contributed by atoms with Gasteiger partial charge in [-0.15, -0.1) is 9.78 Å². The highest BCUT2D eigenvalue weighted by Crippen LogP contribution is 1.81. The number of carbonyl (C=O) groups excluding carboxylic acids is 1. The zero-order valence-corrected chi connectivity index (χ0v) is 5.31. The van der Waals surface area contributed by atoms with Crippen molar-refractivity contribution >= 4 is 6.09 Å². The smallest absolute Gasteiger partial charge is 0.438 e. The van der Waals surface area contributed by atoms with Gasteiger partial charge in [0.15, 0.2) is 0 Å². The van der Waals surface area contributed by atoms with Gasteiger partial charge in [-0.05, 0) is 17.4 Å². The van der Waals surface area contributed by atoms with E-state index in [0.29, 0.717) is 6.61 Å². The number of aromatic nitrogens is 4. The molecule has 0 saturated carbocycles. The number of nitrogens with zero attached hydrogens (tertiary/aromatic N) is 4. The average molecular weight is 141 g/mol. The molecule has 0 N–H and O–H groups in total. The van der Waals surface area contributed by atoms with Gasteiger partial charge in [0.25, 0.3) is 0 Å². The zero-order chi connectivity index (χ0) is 7.40. The van der Waals surface area contributed by atoms with Crippen molar-refractivity contribution in [3.05, 3.63) is 6.33 Å². The van der Waals surface area contributed by atoms with Gasteiger partial charge >= 0.3 is 6.09 Å². The second kappa shape index (κ2) is 2.90. The summed E-state index contributed by atoms with van der Waals surface area (Å²) in [7, 11) is 0. The highest BCUT2D eigenvalue weighted by Gasteiger charge is 2.04. The molecule has 0 atom stereocenters. The first-order valence-corrected chi connectivity index (χ1v) is 2.67. The molecule has 0 aliphatic heterocycles. The maximum absolute atomic E-state index is 10.7. The van der Waals surface area contributed by atoms with Crippen molar-refractivity contribution in [1.29, 1.82) is 0 Å². The van der Waals surface area contributed by atoms with Crippen LogP contribution in [-0.4, -0.2) is 32.9 Å². The van der Waals surface area contributed by atoms with Crippen molar-refractivity contribution in [2.24, 2.45) is 0 Å². The van der Waals surface area contributed by atoms with Gasteiger partial charge < -0.3 is 4.74 Å². The molecule has 6 nitrogen and oxygen atoms in total. The summed E-state index contributed by atoms with van der Waals surface area (Å²) in [5.41, 5.74) is 0. The van der Waals surface area contributed by atoms with Crippen LogP contribution in [0.25, 0.3) is 0 Å². The summed E-state index contributed by atoms with van der Waals surface area (Å²) in [6.07, 6.45) is 1.57. The molecule has 0 aliphatic carbocycles. The van der Waals surface area contributed by atoms with E-state index in [-0.39, 0.29) is 0 Å². The lowest BCUT2D eigenvalue weighted by atomic mass is 10.9. The average Bonchev–Trinajstić information content (AvgIpc) is 2.38. The highest BCUT2D eigenvalue weighted by atomic mass is 16.6. The van der Waals surface area contributed by atoms with Crippen molar-refractivity contribution < 1.29 is 9.53 Å². The molecular weight excluding hydrogens is 136 g/mol. The number of rotatable bonds is 1. The van der Waals surface area contributed by atoms with Gasteiger partial charge in [-0.3, -0.25) is 0 Å². The van der Waals surface area contributed by atoms with Gasteiger partial charge in [0, 0.05) is 0 Å². The van der Waals surface area contributed by atoms with Crippen molar-refractivity contribution in [2.75, 3.05) is 6.61 Å². The van der Waals surface area contributed by atoms with E-state index in [4.69, 9.17) is 0 Å². The minimum absolute atomic E-state index is 0.298. The number of tetrazole rings is 1. The molecule has 0 fully saturated rings. The van der Waals surface area contributed by atoms with Crippen LogP contribution >= 0.6 is 0 Å². The Hall–Kier alpha value is -1.46. The minimum Gasteiger partial charge on any atom is -0.448 e. The fourth-order valence-corrected chi connectivity index (χ4v) is 0.404. The van der Waals surface area contributed by atoms with Gasteiger partial charge in [0.05, 0.1) is 6.61 Å². The summed E-state index contributed by atoms with van der Waals surface area (Å²) >= 11 is 0. The molecule has 0 spiro atoms. The standard InChI is InChI=1S/C4H5N4O2/c1-2-10-4(9)8-3-5-6-7-8/h2H2,1H3. The molecular formula is C4H5N4O2. The molecule has 6 heteroatoms. The van der Waals surface area contributed by atoms with Crippen molar-refractivity contribution in [3.8, 4) is 0 Å². The SMILES string of the molecule is CCOC(=O)n1[c]nnn1. The molecule has 0 aromatic carbocycles. The summed E-state index contributed by atoms with van der Waals surface area (Å²) in [4.78, 5) is 10.7. The second-order valence-corrected chi connectivity index (χ2v) is 1.39. The minimum atomic E-state index is -0.618. The highest BCUT2D eigenvalue weighted by molar-refractivity contribution is 5.68. The van der Waals surface area contributed by atoms with Crippen LogP contribution in [0, 0.1) is 6.33 Å². The first-order valence-electron chi connectivity index (χ1n) is 2.67. The largest absolute Gasteiger partial charge is 0.448 e. The molecule has 1 rings (SSSR count). The van der Waals surface area contributed by atoms with Crippen molar-refractivity contribution in [1.82, 2.24) is 20.2 Å². The Morgan fingerprint density at radius 3 is 3.10 bits per heavy atom. The van der Waals surface area contributed by atoms with E-state index in [2.05, 4.69) is 26.6 Å². The van der Waals surface area contributed by atoms with E-state index in [1.807, 2.05) is 0 Å². The third-order valence-corrected chi connectivity index (χ3v) is 0.754. The Bertz CT molecular complexity index is 207. The van der Waals surface area contributed by atoms with Gasteiger partial charge in [-0.2, -0.15) is 0 Å². The quantitative estimate of drug-likeness (QED) is 0.492. The molecule has 53 valence electrons. The first-order chi connectivity index (χ1) is 4.84. The molecule has 0 aliphatic rings. The molecule has 0 unspecified atom stereocenters. The Kier molecular flexibility index (Phi) is 1.93. The lowest BCUT2D eigenvalue weighted by molar-refractivity contribution is 0.149. The summed E-state index contributed by atoms with van der Waals surface area (Å²) in [6, 6.07) is 0. The van der Waals surface area contributed by atoms with E-state index in [1.165, 1.54) is 0 Å². The Morgan fingerprint density at radius 2 is 2.60 bits per heavy atom. The van der Waals surface area contributed by atoms with E-state index < -0.39 is 6.09 Å². The summed E-state index contributed by atoms with van der Waals surface area (Å²) in [6.45, 7) is 1.99. The van der Waals surface area contributed by atoms with Crippen LogP contribution in [-0.2, 0) is 4.74 Å². The lowest BCUT2D eigenvalue weighted by Gasteiger charge is -1.95. The molecule has 1 heterocycles. The van der Waals surface area contributed by atoms with Gasteiger partial charge in [-0.1, -0.05) is 0 Å². The third-order valence-electron chi connectivity index (χ3n) is 0.754. The molecule has 1 aromatic rings. The number of hydrogen-bond donors (Lipinski definition) is 0. The van der Waals surface area contributed by atoms with E-state index in [0.717, 1.165) is 4.68 Å². The van der Waals surface area contributed by atoms with Crippen LogP contribution in [0.4, 0.5) is 4.79 Å². The number of carbonyl (C=O) groups is 1. The van der Waals surface area contributed by atoms with Crippen LogP contribution < -0.4 is 0 Å². The molecule has 0 amide bonds. The van der Waals surface area contributed by atoms with E-state index in [9.17, 15) is 4.79 Å². The zero-order valence-electron chi connectivity index (χ0n) is 5.31. The van der Waals surface area contributed by atoms with E-state index >= 15 is 0 Å². The summed E-state index contributed by atoms with van der Waals surface area (Å²) in [5.74, 6) is 0. The van der Waals surface area contributed by atoms with Crippen LogP contribution in [0.2, 0.25) is 0 Å². The monoisotopic (exact) mass is 141 g/mol. The summed E-state index contributed by atoms with van der Waals surface area (Å²) in [5, 5.41) is 9.59. The topological polar surface area (TPSA) is 69.9 Å². The van der Waals surface area contributed by atoms with Crippen LogP contribution in [0.5, 0.6) is 0 Å². The van der Waals surface area contributed by atoms with Crippen LogP contribution in [0.3, 0.4) is 0 Å². The first kappa shape index (κ1) is 6.66. The van der Waals surface area contributed by atoms with E-state index in [1.54, 1.807) is 6.92 Å². The Labute approximate surface area is 56.8 Å². The maximum Gasteiger partial charge on any atom is 0.438 e. The van der Waals surface area contributed by atoms with Gasteiger partial charge in [0.1, 0.15) is 0 Å². The maximum atomic E-state index is 10.7. The third kappa shape index (κ3) is 1.28. The molecule has 0 saturated heterocycles. The molecule has 0 bridgehead atoms. The molecule has 1 aromatic heterocycles. The second-order valence-electron chi connectivity index (χ2n) is 1.39. The van der Waals surface area contributed by atoms with Gasteiger partial charge in [-0.25, -0.2) is 4.79 Å². The fraction of sp³-hybridized carbons (Fsp3) is 0.500. The molecule has 1 radical (unpaired) electrons. The Morgan fingerprint density at radius 1 is 1.80 bits per heavy atom. The predicted octanol–water partition coefficient (Wildman–Crippen LogP) is -0.522. The fourth-order valence-electron chi connectivity index (χ4n) is 0.404. The summed E-state index contributed by atoms with van der Waals surface area (Å²) < 4.78 is 5.33. The van der Waals surface area contributed by atoms with Crippen LogP contribution in [0.15, 0.2) is 0 Å². The van der Waals surface area contributed by atoms with Crippen LogP contribution in [0.1, 0.15) is 6.92 Å². The predicted molar refractivity (Wildman–Crippen MR) is 29.1 cm³/mol. The number of ether oxygens (including phenoxy) is 1. The normalized spacial score (nSPS) is 9.30. The van der Waals surface area contributed by atoms with Gasteiger partial charge in [0.2, 0.25) is 6.33 Å². The Balaban J connectivity index is 2.59. The molecule has 10 heavy (non-hydrogen) atoms. The van der Waals surface area contributed by atoms with Crippen molar-refractivity contribution in [3.63, 3.8) is 0 Å². The number of hydrogen-bond acceptors (Lipinski definition) is 5.